The van der Waals surface area contributed by atoms with Gasteiger partial charge in [-0.3, -0.25) is 9.59 Å². The summed E-state index contributed by atoms with van der Waals surface area (Å²) >= 11 is 0. The number of hydrogen-bond acceptors (Lipinski definition) is 4. The quantitative estimate of drug-likeness (QED) is 0.760. The monoisotopic (exact) mass is 291 g/mol. The van der Waals surface area contributed by atoms with Crippen LogP contribution in [0.15, 0.2) is 0 Å². The molecule has 19 heavy (non-hydrogen) atoms. The number of amides is 2. The second-order valence-electron chi connectivity index (χ2n) is 4.84. The lowest BCUT2D eigenvalue weighted by molar-refractivity contribution is -0.142. The Balaban J connectivity index is 0.00000180. The highest BCUT2D eigenvalue weighted by atomic mass is 35.5. The average Bonchev–Trinajstić information content (AvgIpc) is 2.92. The standard InChI is InChI=1S/C12H21N3O3.ClH/c1-14(12(17)10-3-2-4-13-10)9-11(16)15-5-7-18-8-6-15;/h10,13H,2-9H2,1H3;1H. The number of likely N-dealkylation sites (N-methyl/N-ethyl adjacent to an activating group) is 1. The molecule has 2 fully saturated rings. The summed E-state index contributed by atoms with van der Waals surface area (Å²) in [5.41, 5.74) is 0. The van der Waals surface area contributed by atoms with Crippen molar-refractivity contribution in [3.63, 3.8) is 0 Å². The minimum atomic E-state index is -0.104. The number of carbonyl (C=O) groups excluding carboxylic acids is 2. The van der Waals surface area contributed by atoms with Crippen LogP contribution in [0.2, 0.25) is 0 Å². The van der Waals surface area contributed by atoms with E-state index in [1.807, 2.05) is 0 Å². The van der Waals surface area contributed by atoms with E-state index in [0.717, 1.165) is 19.4 Å². The fraction of sp³-hybridized carbons (Fsp3) is 0.833. The fourth-order valence-corrected chi connectivity index (χ4v) is 2.35. The van der Waals surface area contributed by atoms with Crippen LogP contribution in [0.3, 0.4) is 0 Å². The Kier molecular flexibility index (Phi) is 6.54. The third-order valence-corrected chi connectivity index (χ3v) is 3.47. The second-order valence-corrected chi connectivity index (χ2v) is 4.84. The van der Waals surface area contributed by atoms with Gasteiger partial charge >= 0.3 is 0 Å². The minimum absolute atomic E-state index is 0. The maximum atomic E-state index is 12.0. The van der Waals surface area contributed by atoms with Crippen molar-refractivity contribution >= 4 is 24.2 Å². The van der Waals surface area contributed by atoms with E-state index < -0.39 is 0 Å². The van der Waals surface area contributed by atoms with Crippen LogP contribution in [0.1, 0.15) is 12.8 Å². The van der Waals surface area contributed by atoms with E-state index in [-0.39, 0.29) is 36.8 Å². The molecule has 7 heteroatoms. The highest BCUT2D eigenvalue weighted by Crippen LogP contribution is 2.08. The van der Waals surface area contributed by atoms with Crippen LogP contribution in [0.5, 0.6) is 0 Å². The number of nitrogens with one attached hydrogen (secondary N) is 1. The molecule has 2 rings (SSSR count). The molecule has 0 bridgehead atoms. The Hall–Kier alpha value is -0.850. The molecule has 0 radical (unpaired) electrons. The third-order valence-electron chi connectivity index (χ3n) is 3.47. The summed E-state index contributed by atoms with van der Waals surface area (Å²) in [6.45, 7) is 3.49. The number of hydrogen-bond donors (Lipinski definition) is 1. The summed E-state index contributed by atoms with van der Waals surface area (Å²) in [6, 6.07) is -0.104. The lowest BCUT2D eigenvalue weighted by Crippen LogP contribution is -2.49. The van der Waals surface area contributed by atoms with Crippen molar-refractivity contribution in [3.8, 4) is 0 Å². The molecule has 0 spiro atoms. The molecule has 0 saturated carbocycles. The van der Waals surface area contributed by atoms with Crippen LogP contribution in [0, 0.1) is 0 Å². The zero-order valence-electron chi connectivity index (χ0n) is 11.3. The van der Waals surface area contributed by atoms with E-state index in [9.17, 15) is 9.59 Å². The first-order chi connectivity index (χ1) is 8.68. The molecule has 2 aliphatic rings. The molecule has 0 aromatic heterocycles. The van der Waals surface area contributed by atoms with Crippen LogP contribution in [-0.4, -0.2) is 74.1 Å². The Bertz CT molecular complexity index is 315. The van der Waals surface area contributed by atoms with Gasteiger partial charge in [-0.05, 0) is 19.4 Å². The largest absolute Gasteiger partial charge is 0.378 e. The predicted octanol–water partition coefficient (Wildman–Crippen LogP) is -0.523. The van der Waals surface area contributed by atoms with Crippen LogP contribution in [0.4, 0.5) is 0 Å². The molecule has 110 valence electrons. The lowest BCUT2D eigenvalue weighted by atomic mass is 10.2. The second kappa shape index (κ2) is 7.67. The van der Waals surface area contributed by atoms with Crippen molar-refractivity contribution in [2.24, 2.45) is 0 Å². The van der Waals surface area contributed by atoms with Crippen molar-refractivity contribution < 1.29 is 14.3 Å². The maximum Gasteiger partial charge on any atom is 0.242 e. The predicted molar refractivity (Wildman–Crippen MR) is 73.3 cm³/mol. The van der Waals surface area contributed by atoms with Crippen LogP contribution in [0.25, 0.3) is 0 Å². The third kappa shape index (κ3) is 4.33. The molecular formula is C12H22ClN3O3. The van der Waals surface area contributed by atoms with Gasteiger partial charge in [0.15, 0.2) is 0 Å². The van der Waals surface area contributed by atoms with Gasteiger partial charge in [-0.1, -0.05) is 0 Å². The number of nitrogens with zero attached hydrogens (tertiary/aromatic N) is 2. The summed E-state index contributed by atoms with van der Waals surface area (Å²) in [4.78, 5) is 27.3. The smallest absolute Gasteiger partial charge is 0.242 e. The lowest BCUT2D eigenvalue weighted by Gasteiger charge is -2.29. The molecule has 0 aromatic rings. The van der Waals surface area contributed by atoms with Gasteiger partial charge in [0.05, 0.1) is 25.8 Å². The molecule has 2 heterocycles. The SMILES string of the molecule is CN(CC(=O)N1CCOCC1)C(=O)C1CCCN1.Cl. The van der Waals surface area contributed by atoms with Gasteiger partial charge in [0.25, 0.3) is 0 Å². The Labute approximate surface area is 119 Å². The van der Waals surface area contributed by atoms with Gasteiger partial charge in [0.1, 0.15) is 0 Å². The van der Waals surface area contributed by atoms with Gasteiger partial charge < -0.3 is 19.9 Å². The van der Waals surface area contributed by atoms with Gasteiger partial charge in [-0.25, -0.2) is 0 Å². The maximum absolute atomic E-state index is 12.0. The molecule has 2 aliphatic heterocycles. The number of rotatable bonds is 3. The van der Waals surface area contributed by atoms with Crippen molar-refractivity contribution in [1.82, 2.24) is 15.1 Å². The molecule has 1 unspecified atom stereocenters. The first kappa shape index (κ1) is 16.2. The van der Waals surface area contributed by atoms with Gasteiger partial charge in [-0.15, -0.1) is 12.4 Å². The summed E-state index contributed by atoms with van der Waals surface area (Å²) in [6.07, 6.45) is 1.90. The first-order valence-corrected chi connectivity index (χ1v) is 6.52. The fourth-order valence-electron chi connectivity index (χ4n) is 2.35. The van der Waals surface area contributed by atoms with E-state index in [1.165, 1.54) is 4.90 Å². The summed E-state index contributed by atoms with van der Waals surface area (Å²) in [5, 5.41) is 3.15. The van der Waals surface area contributed by atoms with Crippen molar-refractivity contribution in [2.75, 3.05) is 46.4 Å². The molecule has 1 N–H and O–H groups in total. The van der Waals surface area contributed by atoms with E-state index in [2.05, 4.69) is 5.32 Å². The Morgan fingerprint density at radius 3 is 2.63 bits per heavy atom. The van der Waals surface area contributed by atoms with E-state index in [0.29, 0.717) is 26.3 Å². The van der Waals surface area contributed by atoms with Crippen LogP contribution in [-0.2, 0) is 14.3 Å². The molecule has 6 nitrogen and oxygen atoms in total. The first-order valence-electron chi connectivity index (χ1n) is 6.52. The topological polar surface area (TPSA) is 61.9 Å². The minimum Gasteiger partial charge on any atom is -0.378 e. The van der Waals surface area contributed by atoms with Gasteiger partial charge in [-0.2, -0.15) is 0 Å². The zero-order chi connectivity index (χ0) is 13.0. The Morgan fingerprint density at radius 1 is 1.37 bits per heavy atom. The highest BCUT2D eigenvalue weighted by Gasteiger charge is 2.27. The molecule has 2 saturated heterocycles. The molecule has 1 atom stereocenters. The van der Waals surface area contributed by atoms with Crippen LogP contribution < -0.4 is 5.32 Å². The van der Waals surface area contributed by atoms with E-state index in [4.69, 9.17) is 4.74 Å². The normalized spacial score (nSPS) is 22.8. The number of morpholine rings is 1. The summed E-state index contributed by atoms with van der Waals surface area (Å²) in [5.74, 6) is 0.0289. The van der Waals surface area contributed by atoms with Crippen LogP contribution >= 0.6 is 12.4 Å². The highest BCUT2D eigenvalue weighted by molar-refractivity contribution is 5.87. The van der Waals surface area contributed by atoms with Crippen molar-refractivity contribution in [1.29, 1.82) is 0 Å². The van der Waals surface area contributed by atoms with E-state index in [1.54, 1.807) is 11.9 Å². The van der Waals surface area contributed by atoms with Gasteiger partial charge in [0, 0.05) is 20.1 Å². The number of carbonyl (C=O) groups is 2. The molecule has 0 aliphatic carbocycles. The van der Waals surface area contributed by atoms with Crippen molar-refractivity contribution in [3.05, 3.63) is 0 Å². The van der Waals surface area contributed by atoms with Gasteiger partial charge in [0.2, 0.25) is 11.8 Å². The Morgan fingerprint density at radius 2 is 2.05 bits per heavy atom. The molecular weight excluding hydrogens is 270 g/mol. The summed E-state index contributed by atoms with van der Waals surface area (Å²) in [7, 11) is 1.70. The zero-order valence-corrected chi connectivity index (χ0v) is 12.1. The summed E-state index contributed by atoms with van der Waals surface area (Å²) < 4.78 is 5.20. The van der Waals surface area contributed by atoms with Crippen molar-refractivity contribution in [2.45, 2.75) is 18.9 Å². The molecule has 2 amide bonds. The van der Waals surface area contributed by atoms with E-state index >= 15 is 0 Å². The average molecular weight is 292 g/mol. The number of halogens is 1. The number of ether oxygens (including phenoxy) is 1. The molecule has 0 aromatic carbocycles.